The van der Waals surface area contributed by atoms with Crippen molar-refractivity contribution in [3.63, 3.8) is 0 Å². The second-order valence-corrected chi connectivity index (χ2v) is 15.2. The third-order valence-electron chi connectivity index (χ3n) is 12.2. The van der Waals surface area contributed by atoms with Crippen molar-refractivity contribution >= 4 is 71.1 Å². The number of aromatic nitrogens is 1. The molecule has 9 aromatic carbocycles. The summed E-state index contributed by atoms with van der Waals surface area (Å²) >= 11 is 0. The highest BCUT2D eigenvalue weighted by atomic mass is 15.2. The van der Waals surface area contributed by atoms with Gasteiger partial charge in [0, 0.05) is 39.0 Å². The van der Waals surface area contributed by atoms with Crippen LogP contribution in [0.1, 0.15) is 23.5 Å². The number of rotatable bonds is 5. The van der Waals surface area contributed by atoms with Gasteiger partial charge in [0.05, 0.1) is 22.4 Å². The largest absolute Gasteiger partial charge is 0.310 e. The summed E-state index contributed by atoms with van der Waals surface area (Å²) in [6.07, 6.45) is 5.92. The first-order valence-electron chi connectivity index (χ1n) is 19.6. The number of allylic oxidation sites excluding steroid dienone is 3. The molecule has 1 unspecified atom stereocenters. The Hall–Kier alpha value is -7.16. The number of fused-ring (bicyclic) bond motifs is 9. The van der Waals surface area contributed by atoms with Crippen molar-refractivity contribution in [1.82, 2.24) is 4.57 Å². The van der Waals surface area contributed by atoms with Crippen LogP contribution in [0.15, 0.2) is 206 Å². The lowest BCUT2D eigenvalue weighted by atomic mass is 9.86. The second-order valence-electron chi connectivity index (χ2n) is 15.2. The maximum absolute atomic E-state index is 2.52. The van der Waals surface area contributed by atoms with E-state index in [1.165, 1.54) is 99.0 Å². The molecular weight excluding hydrogens is 677 g/mol. The van der Waals surface area contributed by atoms with Gasteiger partial charge in [0.2, 0.25) is 0 Å². The van der Waals surface area contributed by atoms with Gasteiger partial charge < -0.3 is 9.47 Å². The van der Waals surface area contributed by atoms with Gasteiger partial charge in [0.1, 0.15) is 0 Å². The van der Waals surface area contributed by atoms with E-state index in [9.17, 15) is 0 Å². The lowest BCUT2D eigenvalue weighted by Gasteiger charge is -2.31. The highest BCUT2D eigenvalue weighted by Crippen LogP contribution is 2.54. The normalized spacial score (nSPS) is 14.8. The van der Waals surface area contributed by atoms with Crippen LogP contribution in [0.4, 0.5) is 11.4 Å². The fourth-order valence-electron chi connectivity index (χ4n) is 9.84. The fourth-order valence-corrected chi connectivity index (χ4v) is 9.84. The Morgan fingerprint density at radius 1 is 0.500 bits per heavy atom. The highest BCUT2D eigenvalue weighted by molar-refractivity contribution is 6.16. The minimum atomic E-state index is 0.331. The van der Waals surface area contributed by atoms with E-state index in [-0.39, 0.29) is 0 Å². The zero-order chi connectivity index (χ0) is 36.7. The Labute approximate surface area is 325 Å². The van der Waals surface area contributed by atoms with Crippen LogP contribution in [0.2, 0.25) is 0 Å². The van der Waals surface area contributed by atoms with Gasteiger partial charge >= 0.3 is 0 Å². The average Bonchev–Trinajstić information content (AvgIpc) is 3.77. The molecule has 2 nitrogen and oxygen atoms in total. The Morgan fingerprint density at radius 2 is 1.20 bits per heavy atom. The molecule has 262 valence electrons. The topological polar surface area (TPSA) is 8.17 Å². The van der Waals surface area contributed by atoms with Gasteiger partial charge in [-0.2, -0.15) is 0 Å². The first-order chi connectivity index (χ1) is 27.8. The van der Waals surface area contributed by atoms with Crippen molar-refractivity contribution in [3.8, 4) is 16.8 Å². The van der Waals surface area contributed by atoms with Crippen molar-refractivity contribution < 1.29 is 0 Å². The monoisotopic (exact) mass is 712 g/mol. The molecule has 56 heavy (non-hydrogen) atoms. The summed E-state index contributed by atoms with van der Waals surface area (Å²) in [7, 11) is 0. The van der Waals surface area contributed by atoms with E-state index < -0.39 is 0 Å². The lowest BCUT2D eigenvalue weighted by Crippen LogP contribution is -2.18. The van der Waals surface area contributed by atoms with Gasteiger partial charge in [-0.05, 0) is 98.1 Å². The van der Waals surface area contributed by atoms with E-state index in [0.717, 1.165) is 12.1 Å². The number of anilines is 2. The minimum Gasteiger partial charge on any atom is -0.310 e. The molecule has 0 N–H and O–H groups in total. The standard InChI is InChI=1S/C54H36N2/c1-2-14-35(15-3-1)42-21-8-10-25-50(42)56-51-26-11-9-23-45(51)46-31-29-40(34-52(46)56)55(49-27-13-18-36-16-4-6-20-41(36)49)39-28-30-44-47-24-12-19-38-32-37-17-5-7-22-43(37)54(53(38)47)48(44)33-39/h1-29,31-34,44H,30H2. The van der Waals surface area contributed by atoms with E-state index in [1.54, 1.807) is 0 Å². The summed E-state index contributed by atoms with van der Waals surface area (Å²) in [4.78, 5) is 2.52. The number of nitrogens with zero attached hydrogens (tertiary/aromatic N) is 2. The highest BCUT2D eigenvalue weighted by Gasteiger charge is 2.34. The van der Waals surface area contributed by atoms with Crippen molar-refractivity contribution in [2.75, 3.05) is 4.90 Å². The predicted molar refractivity (Wildman–Crippen MR) is 237 cm³/mol. The van der Waals surface area contributed by atoms with E-state index in [1.807, 2.05) is 0 Å². The molecule has 0 saturated heterocycles. The van der Waals surface area contributed by atoms with E-state index in [4.69, 9.17) is 0 Å². The molecule has 2 heteroatoms. The van der Waals surface area contributed by atoms with Crippen LogP contribution >= 0.6 is 0 Å². The summed E-state index contributed by atoms with van der Waals surface area (Å²) in [6.45, 7) is 0. The molecule has 0 spiro atoms. The van der Waals surface area contributed by atoms with Crippen molar-refractivity contribution in [2.45, 2.75) is 12.3 Å². The van der Waals surface area contributed by atoms with Gasteiger partial charge in [0.15, 0.2) is 0 Å². The summed E-state index contributed by atoms with van der Waals surface area (Å²) in [5.41, 5.74) is 13.7. The van der Waals surface area contributed by atoms with Crippen LogP contribution in [-0.4, -0.2) is 4.57 Å². The smallest absolute Gasteiger partial charge is 0.0562 e. The zero-order valence-corrected chi connectivity index (χ0v) is 30.7. The van der Waals surface area contributed by atoms with Crippen LogP contribution < -0.4 is 4.90 Å². The molecule has 1 heterocycles. The molecule has 2 aliphatic rings. The SMILES string of the molecule is C1=C2c3c4ccccc4cc4cccc(c34)C2CC=C1N(c1ccc2c3ccccc3n(-c3ccccc3-c3ccccc3)c2c1)c1cccc2ccccc12. The van der Waals surface area contributed by atoms with Gasteiger partial charge in [-0.1, -0.05) is 158 Å². The summed E-state index contributed by atoms with van der Waals surface area (Å²) in [5.74, 6) is 0.331. The van der Waals surface area contributed by atoms with Gasteiger partial charge in [-0.3, -0.25) is 0 Å². The number of para-hydroxylation sites is 2. The van der Waals surface area contributed by atoms with Crippen molar-refractivity contribution in [1.29, 1.82) is 0 Å². The molecule has 0 fully saturated rings. The molecule has 10 aromatic rings. The van der Waals surface area contributed by atoms with Crippen LogP contribution in [0, 0.1) is 0 Å². The Kier molecular flexibility index (Phi) is 6.79. The molecule has 0 bridgehead atoms. The van der Waals surface area contributed by atoms with E-state index in [2.05, 4.69) is 210 Å². The Morgan fingerprint density at radius 3 is 2.11 bits per heavy atom. The molecule has 1 atom stereocenters. The summed E-state index contributed by atoms with van der Waals surface area (Å²) in [5, 5.41) is 10.3. The maximum atomic E-state index is 2.52. The quantitative estimate of drug-likeness (QED) is 0.161. The molecule has 1 aromatic heterocycles. The zero-order valence-electron chi connectivity index (χ0n) is 30.7. The van der Waals surface area contributed by atoms with Crippen LogP contribution in [0.25, 0.3) is 76.5 Å². The van der Waals surface area contributed by atoms with Crippen LogP contribution in [-0.2, 0) is 0 Å². The molecule has 0 radical (unpaired) electrons. The van der Waals surface area contributed by atoms with Crippen LogP contribution in [0.5, 0.6) is 0 Å². The summed E-state index contributed by atoms with van der Waals surface area (Å²) < 4.78 is 2.47. The first-order valence-corrected chi connectivity index (χ1v) is 19.6. The number of hydrogen-bond acceptors (Lipinski definition) is 1. The first kappa shape index (κ1) is 31.2. The third-order valence-corrected chi connectivity index (χ3v) is 12.2. The lowest BCUT2D eigenvalue weighted by molar-refractivity contribution is 0.884. The van der Waals surface area contributed by atoms with Gasteiger partial charge in [-0.25, -0.2) is 0 Å². The van der Waals surface area contributed by atoms with Crippen molar-refractivity contribution in [3.05, 3.63) is 217 Å². The van der Waals surface area contributed by atoms with Crippen LogP contribution in [0.3, 0.4) is 0 Å². The Bertz CT molecular complexity index is 3280. The van der Waals surface area contributed by atoms with Gasteiger partial charge in [0.25, 0.3) is 0 Å². The molecular formula is C54H36N2. The van der Waals surface area contributed by atoms with E-state index in [0.29, 0.717) is 5.92 Å². The number of hydrogen-bond donors (Lipinski definition) is 0. The Balaban J connectivity index is 1.12. The predicted octanol–water partition coefficient (Wildman–Crippen LogP) is 14.5. The fraction of sp³-hybridized carbons (Fsp3) is 0.0370. The average molecular weight is 713 g/mol. The summed E-state index contributed by atoms with van der Waals surface area (Å²) in [6, 6.07) is 69.2. The van der Waals surface area contributed by atoms with E-state index >= 15 is 0 Å². The molecule has 0 amide bonds. The molecule has 0 saturated carbocycles. The molecule has 2 aliphatic carbocycles. The van der Waals surface area contributed by atoms with Gasteiger partial charge in [-0.15, -0.1) is 0 Å². The molecule has 0 aliphatic heterocycles. The third kappa shape index (κ3) is 4.56. The minimum absolute atomic E-state index is 0.331. The number of benzene rings is 9. The van der Waals surface area contributed by atoms with Crippen molar-refractivity contribution in [2.24, 2.45) is 0 Å². The second kappa shape index (κ2) is 12.2. The maximum Gasteiger partial charge on any atom is 0.0562 e. The molecule has 12 rings (SSSR count).